The second-order valence-corrected chi connectivity index (χ2v) is 4.32. The van der Waals surface area contributed by atoms with Crippen LogP contribution in [0.4, 0.5) is 0 Å². The third-order valence-electron chi connectivity index (χ3n) is 2.66. The van der Waals surface area contributed by atoms with Crippen LogP contribution < -0.4 is 5.73 Å². The van der Waals surface area contributed by atoms with Gasteiger partial charge in [0.25, 0.3) is 5.91 Å². The fraction of sp³-hybridized carbons (Fsp3) is 0.800. The van der Waals surface area contributed by atoms with Crippen molar-refractivity contribution in [3.63, 3.8) is 0 Å². The maximum atomic E-state index is 11.5. The van der Waals surface area contributed by atoms with Gasteiger partial charge in [-0.15, -0.1) is 0 Å². The highest BCUT2D eigenvalue weighted by Crippen LogP contribution is 2.18. The van der Waals surface area contributed by atoms with E-state index in [1.54, 1.807) is 4.90 Å². The second kappa shape index (κ2) is 4.61. The molecule has 86 valence electrons. The Bertz CT molecular complexity index is 253. The highest BCUT2D eigenvalue weighted by Gasteiger charge is 2.28. The lowest BCUT2D eigenvalue weighted by atomic mass is 9.91. The molecular formula is C10H18N2O3. The number of esters is 1. The van der Waals surface area contributed by atoms with E-state index in [-0.39, 0.29) is 18.1 Å². The number of likely N-dealkylation sites (tertiary alicyclic amines) is 1. The highest BCUT2D eigenvalue weighted by molar-refractivity contribution is 5.80. The maximum Gasteiger partial charge on any atom is 0.303 e. The summed E-state index contributed by atoms with van der Waals surface area (Å²) in [5.41, 5.74) is 5.77. The molecule has 1 heterocycles. The first-order chi connectivity index (χ1) is 6.91. The zero-order valence-electron chi connectivity index (χ0n) is 9.28. The lowest BCUT2D eigenvalue weighted by Crippen LogP contribution is -2.50. The molecule has 5 nitrogen and oxygen atoms in total. The summed E-state index contributed by atoms with van der Waals surface area (Å²) in [5, 5.41) is 0. The van der Waals surface area contributed by atoms with Crippen LogP contribution in [0.1, 0.15) is 26.7 Å². The summed E-state index contributed by atoms with van der Waals surface area (Å²) in [6.45, 7) is 4.41. The lowest BCUT2D eigenvalue weighted by molar-refractivity contribution is -0.150. The highest BCUT2D eigenvalue weighted by atomic mass is 16.5. The van der Waals surface area contributed by atoms with Gasteiger partial charge in [0.05, 0.1) is 0 Å². The van der Waals surface area contributed by atoms with Gasteiger partial charge in [-0.05, 0) is 19.8 Å². The number of nitrogens with two attached hydrogens (primary N) is 1. The first kappa shape index (κ1) is 12.0. The van der Waals surface area contributed by atoms with E-state index in [0.717, 1.165) is 12.8 Å². The minimum atomic E-state index is -0.427. The zero-order chi connectivity index (χ0) is 11.5. The molecule has 0 bridgehead atoms. The summed E-state index contributed by atoms with van der Waals surface area (Å²) >= 11 is 0. The molecule has 0 radical (unpaired) electrons. The Morgan fingerprint density at radius 1 is 1.40 bits per heavy atom. The molecule has 0 atom stereocenters. The van der Waals surface area contributed by atoms with Gasteiger partial charge in [0, 0.05) is 25.6 Å². The van der Waals surface area contributed by atoms with Gasteiger partial charge < -0.3 is 15.4 Å². The van der Waals surface area contributed by atoms with E-state index < -0.39 is 5.97 Å². The summed E-state index contributed by atoms with van der Waals surface area (Å²) in [4.78, 5) is 23.7. The van der Waals surface area contributed by atoms with Crippen LogP contribution in [0, 0.1) is 0 Å². The topological polar surface area (TPSA) is 72.6 Å². The summed E-state index contributed by atoms with van der Waals surface area (Å²) in [7, 11) is 0. The number of hydrogen-bond acceptors (Lipinski definition) is 4. The molecule has 0 aliphatic carbocycles. The fourth-order valence-corrected chi connectivity index (χ4v) is 1.52. The van der Waals surface area contributed by atoms with Crippen molar-refractivity contribution in [1.29, 1.82) is 0 Å². The molecule has 15 heavy (non-hydrogen) atoms. The van der Waals surface area contributed by atoms with Crippen LogP contribution in [-0.2, 0) is 14.3 Å². The van der Waals surface area contributed by atoms with Crippen molar-refractivity contribution in [3.05, 3.63) is 0 Å². The van der Waals surface area contributed by atoms with Crippen molar-refractivity contribution in [2.75, 3.05) is 19.7 Å². The van der Waals surface area contributed by atoms with Gasteiger partial charge in [-0.3, -0.25) is 9.59 Å². The largest absolute Gasteiger partial charge is 0.456 e. The number of rotatable bonds is 2. The molecule has 0 aromatic heterocycles. The van der Waals surface area contributed by atoms with E-state index in [4.69, 9.17) is 5.73 Å². The van der Waals surface area contributed by atoms with Gasteiger partial charge in [-0.25, -0.2) is 0 Å². The van der Waals surface area contributed by atoms with Crippen LogP contribution in [-0.4, -0.2) is 42.0 Å². The quantitative estimate of drug-likeness (QED) is 0.651. The number of ether oxygens (including phenoxy) is 1. The third kappa shape index (κ3) is 3.87. The molecule has 0 saturated carbocycles. The van der Waals surface area contributed by atoms with Crippen LogP contribution in [0.3, 0.4) is 0 Å². The summed E-state index contributed by atoms with van der Waals surface area (Å²) in [6.07, 6.45) is 1.58. The van der Waals surface area contributed by atoms with E-state index in [2.05, 4.69) is 4.74 Å². The van der Waals surface area contributed by atoms with Gasteiger partial charge in [-0.1, -0.05) is 0 Å². The monoisotopic (exact) mass is 214 g/mol. The molecule has 5 heteroatoms. The minimum Gasteiger partial charge on any atom is -0.456 e. The number of carbonyl (C=O) groups excluding carboxylic acids is 2. The van der Waals surface area contributed by atoms with Crippen molar-refractivity contribution >= 4 is 11.9 Å². The molecule has 1 saturated heterocycles. The molecule has 2 N–H and O–H groups in total. The van der Waals surface area contributed by atoms with Crippen molar-refractivity contribution in [2.45, 2.75) is 32.2 Å². The Hall–Kier alpha value is -1.10. The molecule has 0 aromatic rings. The van der Waals surface area contributed by atoms with Crippen molar-refractivity contribution in [2.24, 2.45) is 5.73 Å². The molecule has 1 fully saturated rings. The van der Waals surface area contributed by atoms with Crippen molar-refractivity contribution in [3.8, 4) is 0 Å². The number of carbonyl (C=O) groups is 2. The van der Waals surface area contributed by atoms with Crippen LogP contribution in [0.25, 0.3) is 0 Å². The van der Waals surface area contributed by atoms with Crippen LogP contribution in [0.5, 0.6) is 0 Å². The number of amides is 1. The third-order valence-corrected chi connectivity index (χ3v) is 2.66. The first-order valence-electron chi connectivity index (χ1n) is 5.11. The van der Waals surface area contributed by atoms with Gasteiger partial charge in [-0.2, -0.15) is 0 Å². The number of piperidine rings is 1. The SMILES string of the molecule is CC(=O)OCC(=O)N1CCC(C)(N)CC1. The fourth-order valence-electron chi connectivity index (χ4n) is 1.52. The van der Waals surface area contributed by atoms with Crippen molar-refractivity contribution in [1.82, 2.24) is 4.90 Å². The van der Waals surface area contributed by atoms with Crippen LogP contribution in [0.15, 0.2) is 0 Å². The van der Waals surface area contributed by atoms with Crippen LogP contribution in [0.2, 0.25) is 0 Å². The Morgan fingerprint density at radius 2 is 1.93 bits per heavy atom. The Labute approximate surface area is 89.6 Å². The predicted octanol–water partition coefficient (Wildman–Crippen LogP) is -0.111. The Kier molecular flexibility index (Phi) is 3.68. The van der Waals surface area contributed by atoms with E-state index in [1.807, 2.05) is 6.92 Å². The van der Waals surface area contributed by atoms with E-state index in [0.29, 0.717) is 13.1 Å². The van der Waals surface area contributed by atoms with E-state index >= 15 is 0 Å². The smallest absolute Gasteiger partial charge is 0.303 e. The second-order valence-electron chi connectivity index (χ2n) is 4.32. The predicted molar refractivity (Wildman–Crippen MR) is 55.0 cm³/mol. The summed E-state index contributed by atoms with van der Waals surface area (Å²) in [5.74, 6) is -0.565. The molecular weight excluding hydrogens is 196 g/mol. The summed E-state index contributed by atoms with van der Waals surface area (Å²) in [6, 6.07) is 0. The number of nitrogens with zero attached hydrogens (tertiary/aromatic N) is 1. The van der Waals surface area contributed by atoms with E-state index in [1.165, 1.54) is 6.92 Å². The minimum absolute atomic E-state index is 0.138. The Balaban J connectivity index is 2.33. The normalized spacial score (nSPS) is 19.8. The zero-order valence-corrected chi connectivity index (χ0v) is 9.28. The first-order valence-corrected chi connectivity index (χ1v) is 5.11. The van der Waals surface area contributed by atoms with Gasteiger partial charge in [0.2, 0.25) is 0 Å². The standard InChI is InChI=1S/C10H18N2O3/c1-8(13)15-7-9(14)12-5-3-10(2,11)4-6-12/h3-7,11H2,1-2H3. The van der Waals surface area contributed by atoms with Gasteiger partial charge in [0.1, 0.15) is 0 Å². The number of hydrogen-bond donors (Lipinski definition) is 1. The van der Waals surface area contributed by atoms with Gasteiger partial charge in [0.15, 0.2) is 6.61 Å². The van der Waals surface area contributed by atoms with Crippen molar-refractivity contribution < 1.29 is 14.3 Å². The Morgan fingerprint density at radius 3 is 2.40 bits per heavy atom. The van der Waals surface area contributed by atoms with E-state index in [9.17, 15) is 9.59 Å². The van der Waals surface area contributed by atoms with Gasteiger partial charge >= 0.3 is 5.97 Å². The molecule has 1 aliphatic rings. The average molecular weight is 214 g/mol. The molecule has 0 aromatic carbocycles. The molecule has 1 amide bonds. The molecule has 0 unspecified atom stereocenters. The molecule has 0 spiro atoms. The molecule has 1 aliphatic heterocycles. The molecule has 1 rings (SSSR count). The lowest BCUT2D eigenvalue weighted by Gasteiger charge is -2.36. The summed E-state index contributed by atoms with van der Waals surface area (Å²) < 4.78 is 4.65. The average Bonchev–Trinajstić information content (AvgIpc) is 2.14. The maximum absolute atomic E-state index is 11.5. The van der Waals surface area contributed by atoms with Crippen LogP contribution >= 0.6 is 0 Å².